The van der Waals surface area contributed by atoms with Gasteiger partial charge in [-0.1, -0.05) is 59.6 Å². The summed E-state index contributed by atoms with van der Waals surface area (Å²) in [5.41, 5.74) is 1.61. The van der Waals surface area contributed by atoms with Gasteiger partial charge in [0.2, 0.25) is 15.9 Å². The highest BCUT2D eigenvalue weighted by Gasteiger charge is 2.30. The lowest BCUT2D eigenvalue weighted by Crippen LogP contribution is -2.51. The minimum absolute atomic E-state index is 0.0129. The Morgan fingerprint density at radius 2 is 1.58 bits per heavy atom. The van der Waals surface area contributed by atoms with Crippen LogP contribution in [0.15, 0.2) is 77.7 Å². The largest absolute Gasteiger partial charge is 0.495 e. The summed E-state index contributed by atoms with van der Waals surface area (Å²) in [6.07, 6.45) is 0. The van der Waals surface area contributed by atoms with Gasteiger partial charge < -0.3 is 14.5 Å². The summed E-state index contributed by atoms with van der Waals surface area (Å²) in [5.74, 6) is 0.522. The van der Waals surface area contributed by atoms with Crippen LogP contribution in [0.3, 0.4) is 0 Å². The van der Waals surface area contributed by atoms with Crippen LogP contribution in [0.2, 0.25) is 10.0 Å². The van der Waals surface area contributed by atoms with Crippen LogP contribution in [-0.4, -0.2) is 63.4 Å². The fourth-order valence-corrected chi connectivity index (χ4v) is 5.87. The number of rotatable bonds is 8. The third-order valence-electron chi connectivity index (χ3n) is 6.09. The Kier molecular flexibility index (Phi) is 8.41. The normalized spacial score (nSPS) is 14.2. The van der Waals surface area contributed by atoms with Crippen LogP contribution in [0.25, 0.3) is 0 Å². The molecule has 0 aliphatic carbocycles. The number of piperazine rings is 1. The summed E-state index contributed by atoms with van der Waals surface area (Å²) in [5, 5.41) is 0.701. The fraction of sp³-hybridized carbons (Fsp3) is 0.269. The predicted octanol–water partition coefficient (Wildman–Crippen LogP) is 4.54. The van der Waals surface area contributed by atoms with E-state index in [1.54, 1.807) is 48.4 Å². The van der Waals surface area contributed by atoms with E-state index in [4.69, 9.17) is 27.9 Å². The molecule has 10 heteroatoms. The van der Waals surface area contributed by atoms with Crippen molar-refractivity contribution in [1.29, 1.82) is 0 Å². The standard InChI is InChI=1S/C26H27Cl2N3O4S/c1-35-25-10-6-5-9-24(25)29-13-15-30(16-14-29)26(32)19-31(18-20-11-12-22(27)23(28)17-20)36(33,34)21-7-3-2-4-8-21/h2-12,17H,13-16,18-19H2,1H3. The second-order valence-corrected chi connectivity index (χ2v) is 11.1. The number of benzene rings is 3. The maximum absolute atomic E-state index is 13.5. The Hall–Kier alpha value is -2.78. The number of hydrogen-bond donors (Lipinski definition) is 0. The molecular weight excluding hydrogens is 521 g/mol. The Morgan fingerprint density at radius 1 is 0.917 bits per heavy atom. The molecule has 1 saturated heterocycles. The zero-order valence-corrected chi connectivity index (χ0v) is 22.1. The van der Waals surface area contributed by atoms with Crippen LogP contribution in [0.5, 0.6) is 5.75 Å². The molecule has 1 aliphatic rings. The van der Waals surface area contributed by atoms with Gasteiger partial charge >= 0.3 is 0 Å². The summed E-state index contributed by atoms with van der Waals surface area (Å²) in [7, 11) is -2.30. The third-order valence-corrected chi connectivity index (χ3v) is 8.64. The molecule has 7 nitrogen and oxygen atoms in total. The molecule has 1 heterocycles. The molecule has 0 unspecified atom stereocenters. The van der Waals surface area contributed by atoms with Gasteiger partial charge in [0.25, 0.3) is 0 Å². The van der Waals surface area contributed by atoms with Gasteiger partial charge in [-0.3, -0.25) is 4.79 Å². The van der Waals surface area contributed by atoms with Gasteiger partial charge in [-0.2, -0.15) is 4.31 Å². The first-order valence-electron chi connectivity index (χ1n) is 11.4. The molecule has 4 rings (SSSR count). The van der Waals surface area contributed by atoms with E-state index in [1.165, 1.54) is 16.4 Å². The molecular formula is C26H27Cl2N3O4S. The molecule has 190 valence electrons. The van der Waals surface area contributed by atoms with E-state index in [0.29, 0.717) is 41.8 Å². The van der Waals surface area contributed by atoms with Crippen molar-refractivity contribution >= 4 is 44.8 Å². The van der Waals surface area contributed by atoms with Gasteiger partial charge in [-0.25, -0.2) is 8.42 Å². The van der Waals surface area contributed by atoms with Crippen LogP contribution < -0.4 is 9.64 Å². The van der Waals surface area contributed by atoms with Crippen molar-refractivity contribution in [1.82, 2.24) is 9.21 Å². The smallest absolute Gasteiger partial charge is 0.243 e. The lowest BCUT2D eigenvalue weighted by Gasteiger charge is -2.37. The first-order valence-corrected chi connectivity index (χ1v) is 13.6. The first kappa shape index (κ1) is 26.3. The Morgan fingerprint density at radius 3 is 2.25 bits per heavy atom. The molecule has 36 heavy (non-hydrogen) atoms. The van der Waals surface area contributed by atoms with E-state index in [1.807, 2.05) is 24.3 Å². The van der Waals surface area contributed by atoms with Crippen molar-refractivity contribution < 1.29 is 17.9 Å². The number of para-hydroxylation sites is 2. The summed E-state index contributed by atoms with van der Waals surface area (Å²) < 4.78 is 33.6. The van der Waals surface area contributed by atoms with Crippen LogP contribution in [0.1, 0.15) is 5.56 Å². The summed E-state index contributed by atoms with van der Waals surface area (Å²) >= 11 is 12.2. The lowest BCUT2D eigenvalue weighted by atomic mass is 10.2. The maximum atomic E-state index is 13.5. The monoisotopic (exact) mass is 547 g/mol. The number of carbonyl (C=O) groups is 1. The minimum atomic E-state index is -3.94. The van der Waals surface area contributed by atoms with Gasteiger partial charge in [0.05, 0.1) is 34.3 Å². The first-order chi connectivity index (χ1) is 17.3. The molecule has 1 fully saturated rings. The van der Waals surface area contributed by atoms with Crippen molar-refractivity contribution in [2.75, 3.05) is 44.7 Å². The number of carbonyl (C=O) groups excluding carboxylic acids is 1. The number of amides is 1. The topological polar surface area (TPSA) is 70.2 Å². The second kappa shape index (κ2) is 11.5. The molecule has 1 amide bonds. The van der Waals surface area contributed by atoms with Gasteiger partial charge in [-0.05, 0) is 42.0 Å². The van der Waals surface area contributed by atoms with Gasteiger partial charge in [0.15, 0.2) is 0 Å². The number of sulfonamides is 1. The van der Waals surface area contributed by atoms with E-state index in [2.05, 4.69) is 4.90 Å². The minimum Gasteiger partial charge on any atom is -0.495 e. The van der Waals surface area contributed by atoms with Crippen molar-refractivity contribution in [3.63, 3.8) is 0 Å². The fourth-order valence-electron chi connectivity index (χ4n) is 4.15. The van der Waals surface area contributed by atoms with Gasteiger partial charge in [0.1, 0.15) is 5.75 Å². The van der Waals surface area contributed by atoms with Crippen LogP contribution in [0, 0.1) is 0 Å². The molecule has 0 radical (unpaired) electrons. The van der Waals surface area contributed by atoms with E-state index < -0.39 is 10.0 Å². The number of halogens is 2. The molecule has 0 N–H and O–H groups in total. The van der Waals surface area contributed by atoms with E-state index in [-0.39, 0.29) is 23.9 Å². The van der Waals surface area contributed by atoms with Crippen molar-refractivity contribution in [3.8, 4) is 5.75 Å². The summed E-state index contributed by atoms with van der Waals surface area (Å²) in [6.45, 7) is 1.88. The highest BCUT2D eigenvalue weighted by molar-refractivity contribution is 7.89. The Balaban J connectivity index is 1.51. The van der Waals surface area contributed by atoms with E-state index in [9.17, 15) is 13.2 Å². The van der Waals surface area contributed by atoms with Crippen LogP contribution in [-0.2, 0) is 21.4 Å². The summed E-state index contributed by atoms with van der Waals surface area (Å²) in [4.78, 5) is 17.3. The number of nitrogens with zero attached hydrogens (tertiary/aromatic N) is 3. The molecule has 1 aliphatic heterocycles. The second-order valence-electron chi connectivity index (χ2n) is 8.37. The molecule has 3 aromatic rings. The van der Waals surface area contributed by atoms with E-state index >= 15 is 0 Å². The van der Waals surface area contributed by atoms with Gasteiger partial charge in [0, 0.05) is 32.7 Å². The van der Waals surface area contributed by atoms with Gasteiger partial charge in [-0.15, -0.1) is 0 Å². The van der Waals surface area contributed by atoms with Crippen molar-refractivity contribution in [2.24, 2.45) is 0 Å². The molecule has 0 spiro atoms. The number of hydrogen-bond acceptors (Lipinski definition) is 5. The highest BCUT2D eigenvalue weighted by atomic mass is 35.5. The van der Waals surface area contributed by atoms with Crippen LogP contribution >= 0.6 is 23.2 Å². The average molecular weight is 548 g/mol. The number of ether oxygens (including phenoxy) is 1. The average Bonchev–Trinajstić information content (AvgIpc) is 2.91. The van der Waals surface area contributed by atoms with Crippen molar-refractivity contribution in [2.45, 2.75) is 11.4 Å². The quantitative estimate of drug-likeness (QED) is 0.414. The molecule has 0 aromatic heterocycles. The lowest BCUT2D eigenvalue weighted by molar-refractivity contribution is -0.131. The highest BCUT2D eigenvalue weighted by Crippen LogP contribution is 2.29. The van der Waals surface area contributed by atoms with Crippen molar-refractivity contribution in [3.05, 3.63) is 88.4 Å². The molecule has 0 saturated carbocycles. The van der Waals surface area contributed by atoms with Crippen LogP contribution in [0.4, 0.5) is 5.69 Å². The molecule has 3 aromatic carbocycles. The third kappa shape index (κ3) is 5.95. The SMILES string of the molecule is COc1ccccc1N1CCN(C(=O)CN(Cc2ccc(Cl)c(Cl)c2)S(=O)(=O)c2ccccc2)CC1. The maximum Gasteiger partial charge on any atom is 0.243 e. The zero-order chi connectivity index (χ0) is 25.7. The summed E-state index contributed by atoms with van der Waals surface area (Å²) in [6, 6.07) is 20.8. The Bertz CT molecular complexity index is 1310. The Labute approximate surface area is 221 Å². The predicted molar refractivity (Wildman–Crippen MR) is 142 cm³/mol. The zero-order valence-electron chi connectivity index (χ0n) is 19.8. The molecule has 0 atom stereocenters. The van der Waals surface area contributed by atoms with E-state index in [0.717, 1.165) is 11.4 Å². The number of methoxy groups -OCH3 is 1. The molecule has 0 bridgehead atoms. The number of anilines is 1.